The summed E-state index contributed by atoms with van der Waals surface area (Å²) in [6, 6.07) is 0. The highest BCUT2D eigenvalue weighted by atomic mass is 32.1. The van der Waals surface area contributed by atoms with Crippen molar-refractivity contribution < 1.29 is 10.2 Å². The molecule has 0 spiro atoms. The van der Waals surface area contributed by atoms with Gasteiger partial charge in [0.15, 0.2) is 0 Å². The predicted octanol–water partition coefficient (Wildman–Crippen LogP) is -0.358. The van der Waals surface area contributed by atoms with Crippen LogP contribution in [0.1, 0.15) is 12.7 Å². The fourth-order valence-corrected chi connectivity index (χ4v) is 2.21. The third-order valence-electron chi connectivity index (χ3n) is 2.30. The van der Waals surface area contributed by atoms with E-state index in [1.807, 2.05) is 11.8 Å². The van der Waals surface area contributed by atoms with Gasteiger partial charge in [0, 0.05) is 31.0 Å². The summed E-state index contributed by atoms with van der Waals surface area (Å²) >= 11 is 1.32. The summed E-state index contributed by atoms with van der Waals surface area (Å²) in [4.78, 5) is 6.16. The van der Waals surface area contributed by atoms with Crippen LogP contribution in [0.5, 0.6) is 0 Å². The molecule has 78 valence electrons. The lowest BCUT2D eigenvalue weighted by molar-refractivity contribution is 0.0572. The molecular weight excluding hydrogens is 202 g/mol. The van der Waals surface area contributed by atoms with Gasteiger partial charge >= 0.3 is 0 Å². The van der Waals surface area contributed by atoms with E-state index in [4.69, 9.17) is 0 Å². The number of hydrogen-bond acceptors (Lipinski definition) is 6. The minimum atomic E-state index is -0.663. The Labute approximate surface area is 86.2 Å². The Morgan fingerprint density at radius 1 is 1.43 bits per heavy atom. The number of hydrogen-bond donors (Lipinski definition) is 2. The lowest BCUT2D eigenvalue weighted by Gasteiger charge is -2.11. The molecule has 1 aliphatic rings. The lowest BCUT2D eigenvalue weighted by Crippen LogP contribution is -2.22. The second-order valence-corrected chi connectivity index (χ2v) is 4.12. The average Bonchev–Trinajstić information content (AvgIpc) is 2.74. The monoisotopic (exact) mass is 215 g/mol. The number of rotatable bonds is 2. The first kappa shape index (κ1) is 9.82. The SMILES string of the molecule is CCc1nsc(N2C[C@@H](O)[C@@H](O)C2)n1. The van der Waals surface area contributed by atoms with E-state index in [0.717, 1.165) is 17.4 Å². The van der Waals surface area contributed by atoms with Crippen LogP contribution in [0, 0.1) is 0 Å². The lowest BCUT2D eigenvalue weighted by atomic mass is 10.3. The van der Waals surface area contributed by atoms with Gasteiger partial charge in [0.25, 0.3) is 0 Å². The summed E-state index contributed by atoms with van der Waals surface area (Å²) in [7, 11) is 0. The number of β-amino-alcohol motifs (C(OH)–C–C–N with tert-alkyl or cyclic N) is 2. The molecule has 5 nitrogen and oxygen atoms in total. The fraction of sp³-hybridized carbons (Fsp3) is 0.750. The Balaban J connectivity index is 2.09. The van der Waals surface area contributed by atoms with Crippen molar-refractivity contribution in [2.24, 2.45) is 0 Å². The van der Waals surface area contributed by atoms with Gasteiger partial charge in [0.2, 0.25) is 5.13 Å². The molecule has 14 heavy (non-hydrogen) atoms. The molecule has 2 heterocycles. The molecule has 0 amide bonds. The molecule has 0 aromatic carbocycles. The number of aromatic nitrogens is 2. The van der Waals surface area contributed by atoms with E-state index in [1.165, 1.54) is 11.5 Å². The first-order valence-corrected chi connectivity index (χ1v) is 5.41. The second-order valence-electron chi connectivity index (χ2n) is 3.39. The van der Waals surface area contributed by atoms with Crippen LogP contribution in [0.25, 0.3) is 0 Å². The van der Waals surface area contributed by atoms with Gasteiger partial charge in [-0.25, -0.2) is 4.98 Å². The highest BCUT2D eigenvalue weighted by Crippen LogP contribution is 2.22. The van der Waals surface area contributed by atoms with Crippen molar-refractivity contribution >= 4 is 16.7 Å². The van der Waals surface area contributed by atoms with Crippen LogP contribution in [-0.4, -0.2) is 44.9 Å². The van der Waals surface area contributed by atoms with E-state index in [1.54, 1.807) is 0 Å². The Kier molecular flexibility index (Phi) is 2.66. The summed E-state index contributed by atoms with van der Waals surface area (Å²) in [6.07, 6.45) is -0.511. The standard InChI is InChI=1S/C8H13N3O2S/c1-2-7-9-8(14-10-7)11-3-5(12)6(13)4-11/h5-6,12-13H,2-4H2,1H3/t5-,6+. The van der Waals surface area contributed by atoms with E-state index in [2.05, 4.69) is 9.36 Å². The molecule has 1 aromatic heterocycles. The van der Waals surface area contributed by atoms with Crippen LogP contribution in [0.4, 0.5) is 5.13 Å². The minimum Gasteiger partial charge on any atom is -0.389 e. The third-order valence-corrected chi connectivity index (χ3v) is 3.12. The molecule has 0 saturated carbocycles. The summed E-state index contributed by atoms with van der Waals surface area (Å²) in [5.74, 6) is 0.820. The molecule has 0 aliphatic carbocycles. The zero-order valence-corrected chi connectivity index (χ0v) is 8.74. The molecule has 1 aromatic rings. The molecule has 2 atom stereocenters. The van der Waals surface area contributed by atoms with Crippen molar-refractivity contribution in [1.29, 1.82) is 0 Å². The molecule has 1 fully saturated rings. The van der Waals surface area contributed by atoms with E-state index in [9.17, 15) is 10.2 Å². The highest BCUT2D eigenvalue weighted by molar-refractivity contribution is 7.09. The number of aryl methyl sites for hydroxylation is 1. The molecule has 2 N–H and O–H groups in total. The van der Waals surface area contributed by atoms with Gasteiger partial charge in [0.05, 0.1) is 12.2 Å². The third kappa shape index (κ3) is 1.73. The minimum absolute atomic E-state index is 0.444. The van der Waals surface area contributed by atoms with Gasteiger partial charge in [-0.05, 0) is 0 Å². The molecule has 1 saturated heterocycles. The Morgan fingerprint density at radius 3 is 2.57 bits per heavy atom. The topological polar surface area (TPSA) is 69.5 Å². The van der Waals surface area contributed by atoms with E-state index in [-0.39, 0.29) is 0 Å². The first-order valence-electron chi connectivity index (χ1n) is 4.64. The maximum atomic E-state index is 9.36. The van der Waals surface area contributed by atoms with Gasteiger partial charge in [-0.2, -0.15) is 4.37 Å². The zero-order valence-electron chi connectivity index (χ0n) is 7.92. The van der Waals surface area contributed by atoms with Crippen molar-refractivity contribution in [3.8, 4) is 0 Å². The van der Waals surface area contributed by atoms with Crippen molar-refractivity contribution in [2.75, 3.05) is 18.0 Å². The van der Waals surface area contributed by atoms with Gasteiger partial charge in [-0.3, -0.25) is 0 Å². The van der Waals surface area contributed by atoms with Crippen LogP contribution in [0.2, 0.25) is 0 Å². The van der Waals surface area contributed by atoms with Crippen LogP contribution >= 0.6 is 11.5 Å². The Morgan fingerprint density at radius 2 is 2.07 bits per heavy atom. The van der Waals surface area contributed by atoms with Gasteiger partial charge in [-0.15, -0.1) is 0 Å². The van der Waals surface area contributed by atoms with Crippen molar-refractivity contribution in [3.63, 3.8) is 0 Å². The first-order chi connectivity index (χ1) is 6.70. The van der Waals surface area contributed by atoms with E-state index < -0.39 is 12.2 Å². The molecule has 0 unspecified atom stereocenters. The molecule has 0 radical (unpaired) electrons. The smallest absolute Gasteiger partial charge is 0.205 e. The van der Waals surface area contributed by atoms with Crippen molar-refractivity contribution in [3.05, 3.63) is 5.82 Å². The molecule has 0 bridgehead atoms. The maximum Gasteiger partial charge on any atom is 0.205 e. The fourth-order valence-electron chi connectivity index (χ4n) is 1.44. The van der Waals surface area contributed by atoms with Crippen molar-refractivity contribution in [1.82, 2.24) is 9.36 Å². The summed E-state index contributed by atoms with van der Waals surface area (Å²) < 4.78 is 4.15. The molecule has 2 rings (SSSR count). The average molecular weight is 215 g/mol. The number of aliphatic hydroxyl groups is 2. The van der Waals surface area contributed by atoms with Gasteiger partial charge in [0.1, 0.15) is 5.82 Å². The normalized spacial score (nSPS) is 27.2. The number of anilines is 1. The predicted molar refractivity (Wildman–Crippen MR) is 53.5 cm³/mol. The van der Waals surface area contributed by atoms with Gasteiger partial charge in [-0.1, -0.05) is 6.92 Å². The van der Waals surface area contributed by atoms with Crippen LogP contribution in [0.15, 0.2) is 0 Å². The van der Waals surface area contributed by atoms with Crippen LogP contribution in [-0.2, 0) is 6.42 Å². The summed E-state index contributed by atoms with van der Waals surface area (Å²) in [5.41, 5.74) is 0. The Hall–Kier alpha value is -0.720. The molecule has 6 heteroatoms. The van der Waals surface area contributed by atoms with Gasteiger partial charge < -0.3 is 15.1 Å². The van der Waals surface area contributed by atoms with E-state index >= 15 is 0 Å². The zero-order chi connectivity index (χ0) is 10.1. The van der Waals surface area contributed by atoms with Crippen LogP contribution < -0.4 is 4.90 Å². The Bertz CT molecular complexity index is 307. The highest BCUT2D eigenvalue weighted by Gasteiger charge is 2.31. The molecule has 1 aliphatic heterocycles. The quantitative estimate of drug-likeness (QED) is 0.705. The second kappa shape index (κ2) is 3.80. The summed E-state index contributed by atoms with van der Waals surface area (Å²) in [5, 5.41) is 19.5. The largest absolute Gasteiger partial charge is 0.389 e. The number of aliphatic hydroxyl groups excluding tert-OH is 2. The van der Waals surface area contributed by atoms with E-state index in [0.29, 0.717) is 13.1 Å². The summed E-state index contributed by atoms with van der Waals surface area (Å²) in [6.45, 7) is 2.89. The van der Waals surface area contributed by atoms with Crippen LogP contribution in [0.3, 0.4) is 0 Å². The maximum absolute atomic E-state index is 9.36. The number of nitrogens with zero attached hydrogens (tertiary/aromatic N) is 3. The van der Waals surface area contributed by atoms with Crippen molar-refractivity contribution in [2.45, 2.75) is 25.6 Å². The molecular formula is C8H13N3O2S.